The Balaban J connectivity index is 1.36. The fourth-order valence-corrected chi connectivity index (χ4v) is 6.59. The zero-order valence-corrected chi connectivity index (χ0v) is 26.9. The number of carbonyl (C=O) groups is 2. The number of hydrogen-bond acceptors (Lipinski definition) is 5. The highest BCUT2D eigenvalue weighted by atomic mass is 19.4. The molecule has 1 saturated heterocycles. The van der Waals surface area contributed by atoms with Gasteiger partial charge in [0, 0.05) is 31.1 Å². The van der Waals surface area contributed by atoms with E-state index in [1.54, 1.807) is 0 Å². The van der Waals surface area contributed by atoms with Gasteiger partial charge in [0.1, 0.15) is 29.3 Å². The van der Waals surface area contributed by atoms with Crippen LogP contribution in [0.15, 0.2) is 77.6 Å². The lowest BCUT2D eigenvalue weighted by atomic mass is 9.90. The topological polar surface area (TPSA) is 101 Å². The summed E-state index contributed by atoms with van der Waals surface area (Å²) in [5.74, 6) is -6.24. The Hall–Kier alpha value is -5.51. The Kier molecular flexibility index (Phi) is 9.46. The summed E-state index contributed by atoms with van der Waals surface area (Å²) in [6.45, 7) is -1.29. The van der Waals surface area contributed by atoms with Crippen LogP contribution in [0.5, 0.6) is 0 Å². The molecule has 0 radical (unpaired) electrons. The average Bonchev–Trinajstić information content (AvgIpc) is 3.08. The van der Waals surface area contributed by atoms with Gasteiger partial charge in [0.2, 0.25) is 0 Å². The molecule has 0 spiro atoms. The molecule has 1 amide bonds. The van der Waals surface area contributed by atoms with Crippen molar-refractivity contribution in [1.82, 2.24) is 9.88 Å². The molecular weight excluding hydrogens is 706 g/mol. The number of rotatable bonds is 7. The third-order valence-electron chi connectivity index (χ3n) is 8.99. The van der Waals surface area contributed by atoms with Gasteiger partial charge in [-0.15, -0.1) is 0 Å². The van der Waals surface area contributed by atoms with Crippen molar-refractivity contribution in [3.8, 4) is 11.1 Å². The zero-order chi connectivity index (χ0) is 37.7. The fourth-order valence-electron chi connectivity index (χ4n) is 6.59. The quantitative estimate of drug-likeness (QED) is 0.178. The lowest BCUT2D eigenvalue weighted by Crippen LogP contribution is -2.53. The number of aryl methyl sites for hydroxylation is 1. The number of carboxylic acids is 1. The van der Waals surface area contributed by atoms with Gasteiger partial charge in [-0.05, 0) is 40.1 Å². The predicted octanol–water partition coefficient (Wildman–Crippen LogP) is 6.85. The molecule has 2 heterocycles. The Labute approximate surface area is 288 Å². The molecule has 272 valence electrons. The smallest absolute Gasteiger partial charge is 0.417 e. The molecule has 1 fully saturated rings. The van der Waals surface area contributed by atoms with Crippen LogP contribution in [-0.2, 0) is 29.2 Å². The van der Waals surface area contributed by atoms with Gasteiger partial charge in [0.15, 0.2) is 0 Å². The number of aromatic nitrogens is 1. The molecule has 1 aromatic heterocycles. The van der Waals surface area contributed by atoms with Crippen LogP contribution in [0.1, 0.15) is 21.5 Å². The number of aliphatic carboxylic acids is 1. The van der Waals surface area contributed by atoms with Crippen molar-refractivity contribution < 1.29 is 54.6 Å². The van der Waals surface area contributed by atoms with E-state index in [0.717, 1.165) is 4.57 Å². The van der Waals surface area contributed by atoms with Crippen LogP contribution in [0.3, 0.4) is 0 Å². The second-order valence-corrected chi connectivity index (χ2v) is 12.1. The third kappa shape index (κ3) is 6.65. The molecule has 6 rings (SSSR count). The number of alkyl halides is 6. The largest absolute Gasteiger partial charge is 0.480 e. The van der Waals surface area contributed by atoms with Crippen LogP contribution in [-0.4, -0.2) is 59.6 Å². The number of para-hydroxylation sites is 1. The van der Waals surface area contributed by atoms with Gasteiger partial charge in [0.05, 0.1) is 29.9 Å². The number of ether oxygens (including phenoxy) is 1. The Morgan fingerprint density at radius 2 is 1.56 bits per heavy atom. The van der Waals surface area contributed by atoms with E-state index in [1.807, 2.05) is 5.32 Å². The van der Waals surface area contributed by atoms with Gasteiger partial charge < -0.3 is 24.6 Å². The van der Waals surface area contributed by atoms with Crippen LogP contribution in [0.2, 0.25) is 0 Å². The highest BCUT2D eigenvalue weighted by Crippen LogP contribution is 2.42. The molecule has 16 heteroatoms. The summed E-state index contributed by atoms with van der Waals surface area (Å²) in [7, 11) is 1.34. The maximum absolute atomic E-state index is 15.2. The number of carboxylic acid groups (broad SMARTS) is 1. The van der Waals surface area contributed by atoms with Gasteiger partial charge in [-0.2, -0.15) is 26.3 Å². The summed E-state index contributed by atoms with van der Waals surface area (Å²) in [5, 5.41) is 12.2. The van der Waals surface area contributed by atoms with Crippen molar-refractivity contribution in [1.29, 1.82) is 0 Å². The van der Waals surface area contributed by atoms with Crippen molar-refractivity contribution in [3.05, 3.63) is 111 Å². The predicted molar refractivity (Wildman–Crippen MR) is 174 cm³/mol. The number of pyridine rings is 1. The SMILES string of the molecule is Cn1c(=O)c(-c2cccc3c(C[C@H](NC(=O)c4c(F)cc(N5CCOC[C@@H]5C(F)(F)F)cc4F)C(=O)O)cccc23)c(C(F)(F)F)c2ccccc21. The summed E-state index contributed by atoms with van der Waals surface area (Å²) in [6.07, 6.45) is -10.3. The minimum absolute atomic E-state index is 0.0543. The van der Waals surface area contributed by atoms with Gasteiger partial charge >= 0.3 is 18.3 Å². The van der Waals surface area contributed by atoms with Crippen LogP contribution >= 0.6 is 0 Å². The van der Waals surface area contributed by atoms with Crippen molar-refractivity contribution in [3.63, 3.8) is 0 Å². The van der Waals surface area contributed by atoms with Gasteiger partial charge in [-0.1, -0.05) is 54.6 Å². The second-order valence-electron chi connectivity index (χ2n) is 12.1. The van der Waals surface area contributed by atoms with Crippen molar-refractivity contribution in [2.75, 3.05) is 24.7 Å². The first-order valence-corrected chi connectivity index (χ1v) is 15.6. The molecular formula is C36H27F8N3O5. The van der Waals surface area contributed by atoms with E-state index in [2.05, 4.69) is 0 Å². The number of anilines is 1. The number of benzene rings is 4. The molecule has 1 aliphatic rings. The monoisotopic (exact) mass is 733 g/mol. The highest BCUT2D eigenvalue weighted by Gasteiger charge is 2.46. The maximum Gasteiger partial charge on any atom is 0.417 e. The van der Waals surface area contributed by atoms with Crippen LogP contribution in [0.4, 0.5) is 40.8 Å². The van der Waals surface area contributed by atoms with Crippen molar-refractivity contribution in [2.24, 2.45) is 7.05 Å². The Morgan fingerprint density at radius 3 is 2.21 bits per heavy atom. The molecule has 0 saturated carbocycles. The first kappa shape index (κ1) is 36.3. The molecule has 1 aliphatic heterocycles. The number of halogens is 8. The summed E-state index contributed by atoms with van der Waals surface area (Å²) in [4.78, 5) is 39.7. The number of hydrogen-bond donors (Lipinski definition) is 2. The van der Waals surface area contributed by atoms with Crippen molar-refractivity contribution in [2.45, 2.75) is 30.9 Å². The van der Waals surface area contributed by atoms with Crippen LogP contribution in [0.25, 0.3) is 32.8 Å². The normalized spacial score (nSPS) is 15.9. The lowest BCUT2D eigenvalue weighted by Gasteiger charge is -2.38. The van der Waals surface area contributed by atoms with Crippen molar-refractivity contribution >= 4 is 39.2 Å². The number of carbonyl (C=O) groups excluding carboxylic acids is 1. The summed E-state index contributed by atoms with van der Waals surface area (Å²) >= 11 is 0. The molecule has 0 bridgehead atoms. The van der Waals surface area contributed by atoms with Crippen LogP contribution < -0.4 is 15.8 Å². The minimum atomic E-state index is -4.95. The van der Waals surface area contributed by atoms with E-state index in [4.69, 9.17) is 4.74 Å². The number of nitrogens with zero attached hydrogens (tertiary/aromatic N) is 2. The molecule has 4 aromatic carbocycles. The summed E-state index contributed by atoms with van der Waals surface area (Å²) in [5.41, 5.74) is -4.31. The number of morpholine rings is 1. The number of nitrogens with one attached hydrogen (secondary N) is 1. The molecule has 8 nitrogen and oxygen atoms in total. The van der Waals surface area contributed by atoms with E-state index in [-0.39, 0.29) is 46.0 Å². The van der Waals surface area contributed by atoms with Gasteiger partial charge in [-0.3, -0.25) is 9.59 Å². The number of amides is 1. The molecule has 52 heavy (non-hydrogen) atoms. The molecule has 0 aliphatic carbocycles. The Morgan fingerprint density at radius 1 is 0.923 bits per heavy atom. The molecule has 0 unspecified atom stereocenters. The maximum atomic E-state index is 15.2. The van der Waals surface area contributed by atoms with E-state index >= 15 is 8.78 Å². The fraction of sp³-hybridized carbons (Fsp3) is 0.250. The third-order valence-corrected chi connectivity index (χ3v) is 8.99. The van der Waals surface area contributed by atoms with E-state index in [9.17, 15) is 45.8 Å². The van der Waals surface area contributed by atoms with E-state index < -0.39 is 88.9 Å². The minimum Gasteiger partial charge on any atom is -0.480 e. The van der Waals surface area contributed by atoms with E-state index in [0.29, 0.717) is 17.0 Å². The van der Waals surface area contributed by atoms with Gasteiger partial charge in [0.25, 0.3) is 11.5 Å². The number of fused-ring (bicyclic) bond motifs is 2. The Bertz CT molecular complexity index is 2260. The first-order chi connectivity index (χ1) is 24.5. The standard InChI is InChI=1S/C36H27F8N3O5/c1-46-27-11-3-2-7-23(27)31(36(42,43)44)29(33(46)49)22-10-5-8-20-18(6-4-9-21(20)22)14-26(34(50)51)45-32(48)30-24(37)15-19(16-25(30)38)47-12-13-52-17-28(47)35(39,40)41/h2-11,15-16,26,28H,12-14,17H2,1H3,(H,45,48)(H,50,51)/t26-,28+/m0/s1. The molecule has 2 atom stereocenters. The second kappa shape index (κ2) is 13.6. The summed E-state index contributed by atoms with van der Waals surface area (Å²) in [6, 6.07) is 11.1. The molecule has 2 N–H and O–H groups in total. The van der Waals surface area contributed by atoms with Crippen LogP contribution in [0, 0.1) is 11.6 Å². The average molecular weight is 734 g/mol. The summed E-state index contributed by atoms with van der Waals surface area (Å²) < 4.78 is 121. The van der Waals surface area contributed by atoms with Gasteiger partial charge in [-0.25, -0.2) is 13.6 Å². The van der Waals surface area contributed by atoms with E-state index in [1.165, 1.54) is 67.7 Å². The first-order valence-electron chi connectivity index (χ1n) is 15.6. The highest BCUT2D eigenvalue weighted by molar-refractivity contribution is 6.02. The zero-order valence-electron chi connectivity index (χ0n) is 26.9. The lowest BCUT2D eigenvalue weighted by molar-refractivity contribution is -0.167. The molecule has 5 aromatic rings.